The maximum absolute atomic E-state index is 6.56. The molecular formula is C55H41BN2OS. The van der Waals surface area contributed by atoms with Crippen LogP contribution in [0.4, 0.5) is 11.4 Å². The molecule has 0 bridgehead atoms. The van der Waals surface area contributed by atoms with Crippen molar-refractivity contribution in [1.29, 1.82) is 0 Å². The van der Waals surface area contributed by atoms with Crippen LogP contribution in [-0.2, 0) is 10.8 Å². The van der Waals surface area contributed by atoms with Gasteiger partial charge in [-0.25, -0.2) is 0 Å². The summed E-state index contributed by atoms with van der Waals surface area (Å²) in [6.07, 6.45) is 0. The van der Waals surface area contributed by atoms with Crippen LogP contribution in [0, 0.1) is 0 Å². The molecule has 0 saturated heterocycles. The Morgan fingerprint density at radius 2 is 1.37 bits per heavy atom. The molecule has 0 spiro atoms. The van der Waals surface area contributed by atoms with Crippen molar-refractivity contribution >= 4 is 105 Å². The summed E-state index contributed by atoms with van der Waals surface area (Å²) >= 11 is 1.89. The highest BCUT2D eigenvalue weighted by Crippen LogP contribution is 2.52. The summed E-state index contributed by atoms with van der Waals surface area (Å²) in [5.41, 5.74) is 19.6. The Labute approximate surface area is 353 Å². The van der Waals surface area contributed by atoms with Crippen molar-refractivity contribution in [3.05, 3.63) is 162 Å². The Bertz CT molecular complexity index is 3670. The van der Waals surface area contributed by atoms with E-state index >= 15 is 0 Å². The van der Waals surface area contributed by atoms with Crippen LogP contribution in [0.5, 0.6) is 0 Å². The Morgan fingerprint density at radius 1 is 0.583 bits per heavy atom. The molecule has 1 aliphatic heterocycles. The van der Waals surface area contributed by atoms with Crippen molar-refractivity contribution in [2.75, 3.05) is 5.32 Å². The van der Waals surface area contributed by atoms with Crippen LogP contribution in [0.2, 0.25) is 0 Å². The lowest BCUT2D eigenvalue weighted by Gasteiger charge is -2.26. The summed E-state index contributed by atoms with van der Waals surface area (Å²) in [5.74, 6) is 0. The highest BCUT2D eigenvalue weighted by Gasteiger charge is 2.37. The van der Waals surface area contributed by atoms with Gasteiger partial charge in [0.05, 0.1) is 5.52 Å². The van der Waals surface area contributed by atoms with Gasteiger partial charge in [-0.2, -0.15) is 0 Å². The number of rotatable bonds is 3. The van der Waals surface area contributed by atoms with Gasteiger partial charge in [-0.1, -0.05) is 125 Å². The largest absolute Gasteiger partial charge is 0.456 e. The number of fused-ring (bicyclic) bond motifs is 14. The standard InChI is InChI=1S/C55H41BN2OS/c1-54(2,3)30-18-20-31(21-19-30)57-45-27-43-37(32-12-6-9-15-42(32)55(43,4)5)24-38(45)35-22-23-36-39-25-41-34-14-8-11-17-50(34)60-51(41)29-46(39)58-47-26-40-33-13-7-10-16-48(33)59-49(40)28-44(47)56-52(35)53(36)58/h6-29,56-57H,1-5H3. The van der Waals surface area contributed by atoms with E-state index in [2.05, 4.69) is 190 Å². The van der Waals surface area contributed by atoms with Gasteiger partial charge in [0.15, 0.2) is 7.28 Å². The first-order valence-electron chi connectivity index (χ1n) is 21.1. The van der Waals surface area contributed by atoms with Gasteiger partial charge in [-0.3, -0.25) is 0 Å². The summed E-state index contributed by atoms with van der Waals surface area (Å²) in [6.45, 7) is 11.6. The summed E-state index contributed by atoms with van der Waals surface area (Å²) in [7, 11) is 0.793. The SMILES string of the molecule is CC(C)(C)c1ccc(Nc2cc3c(cc2-c2ccc4c5cc6c(cc5n5c4c2Bc2cc4oc7ccccc7c4cc2-5)sc2ccccc26)-c2ccccc2C3(C)C)cc1. The molecule has 3 aromatic heterocycles. The molecule has 1 N–H and O–H groups in total. The average molecular weight is 789 g/mol. The smallest absolute Gasteiger partial charge is 0.198 e. The van der Waals surface area contributed by atoms with Crippen molar-refractivity contribution in [3.63, 3.8) is 0 Å². The number of aromatic nitrogens is 1. The molecular weight excluding hydrogens is 747 g/mol. The van der Waals surface area contributed by atoms with Gasteiger partial charge >= 0.3 is 0 Å². The quantitative estimate of drug-likeness (QED) is 0.181. The monoisotopic (exact) mass is 788 g/mol. The molecule has 0 unspecified atom stereocenters. The predicted molar refractivity (Wildman–Crippen MR) is 259 cm³/mol. The minimum atomic E-state index is -0.129. The number of anilines is 2. The van der Waals surface area contributed by atoms with Crippen LogP contribution >= 0.6 is 11.3 Å². The number of furan rings is 1. The van der Waals surface area contributed by atoms with Gasteiger partial charge < -0.3 is 14.3 Å². The predicted octanol–water partition coefficient (Wildman–Crippen LogP) is 13.8. The molecule has 5 heteroatoms. The summed E-state index contributed by atoms with van der Waals surface area (Å²) in [4.78, 5) is 0. The fourth-order valence-corrected chi connectivity index (χ4v) is 11.8. The Balaban J connectivity index is 1.11. The van der Waals surface area contributed by atoms with E-state index in [4.69, 9.17) is 4.42 Å². The summed E-state index contributed by atoms with van der Waals surface area (Å²) in [5, 5.41) is 11.5. The topological polar surface area (TPSA) is 30.1 Å². The number of nitrogens with zero attached hydrogens (tertiary/aromatic N) is 1. The molecule has 60 heavy (non-hydrogen) atoms. The Kier molecular flexibility index (Phi) is 6.75. The minimum absolute atomic E-state index is 0.0794. The van der Waals surface area contributed by atoms with Crippen molar-refractivity contribution < 1.29 is 4.42 Å². The number of thiophene rings is 1. The van der Waals surface area contributed by atoms with E-state index in [1.165, 1.54) is 97.5 Å². The van der Waals surface area contributed by atoms with Crippen LogP contribution in [0.3, 0.4) is 0 Å². The fraction of sp³-hybridized carbons (Fsp3) is 0.127. The first-order valence-corrected chi connectivity index (χ1v) is 21.9. The zero-order valence-electron chi connectivity index (χ0n) is 34.3. The van der Waals surface area contributed by atoms with Crippen molar-refractivity contribution in [1.82, 2.24) is 4.57 Å². The maximum Gasteiger partial charge on any atom is 0.198 e. The Morgan fingerprint density at radius 3 is 2.22 bits per heavy atom. The van der Waals surface area contributed by atoms with Gasteiger partial charge in [0, 0.05) is 75.3 Å². The van der Waals surface area contributed by atoms with E-state index in [9.17, 15) is 0 Å². The zero-order valence-corrected chi connectivity index (χ0v) is 35.1. The molecule has 3 nitrogen and oxygen atoms in total. The lowest BCUT2D eigenvalue weighted by molar-refractivity contribution is 0.590. The highest BCUT2D eigenvalue weighted by atomic mass is 32.1. The van der Waals surface area contributed by atoms with E-state index in [-0.39, 0.29) is 10.8 Å². The van der Waals surface area contributed by atoms with Crippen LogP contribution in [0.25, 0.3) is 91.9 Å². The average Bonchev–Trinajstić information content (AvgIpc) is 3.96. The van der Waals surface area contributed by atoms with E-state index in [0.29, 0.717) is 0 Å². The highest BCUT2D eigenvalue weighted by molar-refractivity contribution is 7.25. The summed E-state index contributed by atoms with van der Waals surface area (Å²) in [6, 6.07) is 54.7. The van der Waals surface area contributed by atoms with Crippen LogP contribution in [-0.4, -0.2) is 11.8 Å². The van der Waals surface area contributed by atoms with Crippen LogP contribution in [0.1, 0.15) is 51.3 Å². The van der Waals surface area contributed by atoms with Crippen molar-refractivity contribution in [3.8, 4) is 27.9 Å². The molecule has 0 amide bonds. The molecule has 0 fully saturated rings. The minimum Gasteiger partial charge on any atom is -0.456 e. The fourth-order valence-electron chi connectivity index (χ4n) is 10.7. The number of para-hydroxylation sites is 1. The number of hydrogen-bond donors (Lipinski definition) is 1. The molecule has 8 aromatic carbocycles. The van der Waals surface area contributed by atoms with Crippen LogP contribution < -0.4 is 16.2 Å². The first kappa shape index (κ1) is 34.3. The second-order valence-corrected chi connectivity index (χ2v) is 19.7. The van der Waals surface area contributed by atoms with Gasteiger partial charge in [0.25, 0.3) is 0 Å². The third-order valence-corrected chi connectivity index (χ3v) is 14.9. The van der Waals surface area contributed by atoms with Crippen LogP contribution in [0.15, 0.2) is 150 Å². The van der Waals surface area contributed by atoms with E-state index in [1.54, 1.807) is 0 Å². The van der Waals surface area contributed by atoms with Gasteiger partial charge in [0.2, 0.25) is 0 Å². The molecule has 0 atom stereocenters. The molecule has 2 aliphatic rings. The van der Waals surface area contributed by atoms with E-state index in [1.807, 2.05) is 11.3 Å². The lowest BCUT2D eigenvalue weighted by atomic mass is 9.59. The number of hydrogen-bond acceptors (Lipinski definition) is 3. The second kappa shape index (κ2) is 11.8. The molecule has 11 aromatic rings. The molecule has 4 heterocycles. The maximum atomic E-state index is 6.56. The molecule has 286 valence electrons. The third-order valence-electron chi connectivity index (χ3n) is 13.8. The summed E-state index contributed by atoms with van der Waals surface area (Å²) < 4.78 is 11.8. The molecule has 0 saturated carbocycles. The van der Waals surface area contributed by atoms with Gasteiger partial charge in [0.1, 0.15) is 11.2 Å². The van der Waals surface area contributed by atoms with Crippen molar-refractivity contribution in [2.45, 2.75) is 45.4 Å². The van der Waals surface area contributed by atoms with E-state index < -0.39 is 0 Å². The first-order chi connectivity index (χ1) is 29.1. The zero-order chi connectivity index (χ0) is 40.2. The van der Waals surface area contributed by atoms with Crippen molar-refractivity contribution in [2.24, 2.45) is 0 Å². The van der Waals surface area contributed by atoms with Gasteiger partial charge in [-0.15, -0.1) is 11.3 Å². The molecule has 13 rings (SSSR count). The molecule has 1 aliphatic carbocycles. The number of benzene rings is 8. The van der Waals surface area contributed by atoms with Gasteiger partial charge in [-0.05, 0) is 105 Å². The lowest BCUT2D eigenvalue weighted by Crippen LogP contribution is -2.37. The third kappa shape index (κ3) is 4.67. The molecule has 0 radical (unpaired) electrons. The van der Waals surface area contributed by atoms with E-state index in [0.717, 1.165) is 40.6 Å². The second-order valence-electron chi connectivity index (χ2n) is 18.6. The Hall–Kier alpha value is -6.56. The number of nitrogens with one attached hydrogen (secondary N) is 1. The normalized spacial score (nSPS) is 14.0.